The van der Waals surface area contributed by atoms with Gasteiger partial charge in [0.1, 0.15) is 0 Å². The van der Waals surface area contributed by atoms with E-state index < -0.39 is 0 Å². The molecule has 0 amide bonds. The molecule has 2 atom stereocenters. The Morgan fingerprint density at radius 3 is 2.33 bits per heavy atom. The molecule has 2 unspecified atom stereocenters. The smallest absolute Gasteiger partial charge is 0.0221 e. The first-order valence-corrected chi connectivity index (χ1v) is 5.41. The molecule has 1 heterocycles. The largest absolute Gasteiger partial charge is 0.311 e. The molecule has 0 aromatic carbocycles. The van der Waals surface area contributed by atoms with Crippen molar-refractivity contribution < 1.29 is 0 Å². The Hall–Kier alpha value is -0.0400. The van der Waals surface area contributed by atoms with Crippen molar-refractivity contribution in [1.29, 1.82) is 0 Å². The fourth-order valence-electron chi connectivity index (χ4n) is 2.67. The molecule has 0 aromatic rings. The van der Waals surface area contributed by atoms with Gasteiger partial charge in [0.2, 0.25) is 0 Å². The van der Waals surface area contributed by atoms with E-state index in [0.29, 0.717) is 5.54 Å². The zero-order valence-electron chi connectivity index (χ0n) is 8.98. The third-order valence-corrected chi connectivity index (χ3v) is 3.52. The molecular formula is C11H23N. The molecule has 0 radical (unpaired) electrons. The molecule has 1 saturated heterocycles. The van der Waals surface area contributed by atoms with E-state index in [2.05, 4.69) is 33.0 Å². The summed E-state index contributed by atoms with van der Waals surface area (Å²) in [5, 5.41) is 3.64. The fraction of sp³-hybridized carbons (Fsp3) is 1.00. The molecule has 0 aromatic heterocycles. The normalized spacial score (nSPS) is 35.2. The molecule has 1 heteroatoms. The fourth-order valence-corrected chi connectivity index (χ4v) is 2.67. The average molecular weight is 169 g/mol. The van der Waals surface area contributed by atoms with E-state index in [1.54, 1.807) is 0 Å². The first-order chi connectivity index (χ1) is 5.66. The Balaban J connectivity index is 2.55. The zero-order chi connectivity index (χ0) is 9.19. The number of nitrogens with one attached hydrogen (secondary N) is 1. The molecule has 1 N–H and O–H groups in total. The van der Waals surface area contributed by atoms with Gasteiger partial charge in [-0.3, -0.25) is 0 Å². The molecular weight excluding hydrogens is 146 g/mol. The number of rotatable bonds is 4. The van der Waals surface area contributed by atoms with E-state index in [9.17, 15) is 0 Å². The summed E-state index contributed by atoms with van der Waals surface area (Å²) in [5.41, 5.74) is 0.503. The highest BCUT2D eigenvalue weighted by Crippen LogP contribution is 2.38. The van der Waals surface area contributed by atoms with Gasteiger partial charge in [0.15, 0.2) is 0 Å². The van der Waals surface area contributed by atoms with E-state index in [1.165, 1.54) is 25.8 Å². The minimum Gasteiger partial charge on any atom is -0.311 e. The van der Waals surface area contributed by atoms with Gasteiger partial charge in [-0.25, -0.2) is 0 Å². The van der Waals surface area contributed by atoms with Crippen LogP contribution in [0.4, 0.5) is 0 Å². The van der Waals surface area contributed by atoms with E-state index in [1.807, 2.05) is 0 Å². The van der Waals surface area contributed by atoms with Crippen molar-refractivity contribution in [2.45, 2.75) is 52.5 Å². The summed E-state index contributed by atoms with van der Waals surface area (Å²) in [6.07, 6.45) is 3.96. The van der Waals surface area contributed by atoms with Crippen LogP contribution in [0.5, 0.6) is 0 Å². The minimum absolute atomic E-state index is 0.503. The standard InChI is InChI=1S/C11H23N/c1-5-7-11(6-2)10(8-12-11)9(3)4/h9-10,12H,5-8H2,1-4H3. The van der Waals surface area contributed by atoms with Crippen LogP contribution in [0.2, 0.25) is 0 Å². The van der Waals surface area contributed by atoms with Gasteiger partial charge in [0.05, 0.1) is 0 Å². The molecule has 12 heavy (non-hydrogen) atoms. The van der Waals surface area contributed by atoms with Crippen LogP contribution >= 0.6 is 0 Å². The number of hydrogen-bond donors (Lipinski definition) is 1. The summed E-state index contributed by atoms with van der Waals surface area (Å²) in [6, 6.07) is 0. The summed E-state index contributed by atoms with van der Waals surface area (Å²) < 4.78 is 0. The highest BCUT2D eigenvalue weighted by Gasteiger charge is 2.44. The van der Waals surface area contributed by atoms with Crippen molar-refractivity contribution in [3.63, 3.8) is 0 Å². The highest BCUT2D eigenvalue weighted by atomic mass is 15.1. The predicted molar refractivity (Wildman–Crippen MR) is 54.3 cm³/mol. The Bertz CT molecular complexity index is 138. The first kappa shape index (κ1) is 10.0. The maximum atomic E-state index is 3.64. The summed E-state index contributed by atoms with van der Waals surface area (Å²) in [5.74, 6) is 1.76. The minimum atomic E-state index is 0.503. The summed E-state index contributed by atoms with van der Waals surface area (Å²) >= 11 is 0. The van der Waals surface area contributed by atoms with E-state index >= 15 is 0 Å². The second-order valence-electron chi connectivity index (χ2n) is 4.49. The van der Waals surface area contributed by atoms with E-state index in [-0.39, 0.29) is 0 Å². The lowest BCUT2D eigenvalue weighted by molar-refractivity contribution is 0.0469. The molecule has 1 aliphatic heterocycles. The zero-order valence-corrected chi connectivity index (χ0v) is 8.98. The van der Waals surface area contributed by atoms with Gasteiger partial charge in [-0.15, -0.1) is 0 Å². The molecule has 1 rings (SSSR count). The Kier molecular flexibility index (Phi) is 3.16. The second-order valence-corrected chi connectivity index (χ2v) is 4.49. The van der Waals surface area contributed by atoms with Crippen LogP contribution in [0, 0.1) is 11.8 Å². The van der Waals surface area contributed by atoms with Gasteiger partial charge < -0.3 is 5.32 Å². The summed E-state index contributed by atoms with van der Waals surface area (Å²) in [6.45, 7) is 10.6. The van der Waals surface area contributed by atoms with Crippen molar-refractivity contribution in [3.8, 4) is 0 Å². The van der Waals surface area contributed by atoms with Crippen LogP contribution in [0.3, 0.4) is 0 Å². The highest BCUT2D eigenvalue weighted by molar-refractivity contribution is 5.03. The molecule has 0 saturated carbocycles. The van der Waals surface area contributed by atoms with Gasteiger partial charge in [0.25, 0.3) is 0 Å². The SMILES string of the molecule is CCCC1(CC)NCC1C(C)C. The third-order valence-electron chi connectivity index (χ3n) is 3.52. The lowest BCUT2D eigenvalue weighted by Crippen LogP contribution is -2.66. The predicted octanol–water partition coefficient (Wildman–Crippen LogP) is 2.81. The lowest BCUT2D eigenvalue weighted by Gasteiger charge is -2.53. The van der Waals surface area contributed by atoms with Crippen molar-refractivity contribution >= 4 is 0 Å². The van der Waals surface area contributed by atoms with Gasteiger partial charge >= 0.3 is 0 Å². The lowest BCUT2D eigenvalue weighted by atomic mass is 9.67. The molecule has 1 nitrogen and oxygen atoms in total. The Morgan fingerprint density at radius 2 is 2.08 bits per heavy atom. The first-order valence-electron chi connectivity index (χ1n) is 5.41. The summed E-state index contributed by atoms with van der Waals surface area (Å²) in [7, 11) is 0. The van der Waals surface area contributed by atoms with Crippen LogP contribution < -0.4 is 5.32 Å². The second kappa shape index (κ2) is 3.78. The number of hydrogen-bond acceptors (Lipinski definition) is 1. The monoisotopic (exact) mass is 169 g/mol. The van der Waals surface area contributed by atoms with Crippen molar-refractivity contribution in [2.24, 2.45) is 11.8 Å². The van der Waals surface area contributed by atoms with Gasteiger partial charge in [0, 0.05) is 12.1 Å². The average Bonchev–Trinajstić information content (AvgIpc) is 1.96. The third kappa shape index (κ3) is 1.52. The molecule has 72 valence electrons. The summed E-state index contributed by atoms with van der Waals surface area (Å²) in [4.78, 5) is 0. The Labute approximate surface area is 76.9 Å². The molecule has 0 spiro atoms. The van der Waals surface area contributed by atoms with E-state index in [0.717, 1.165) is 11.8 Å². The van der Waals surface area contributed by atoms with Gasteiger partial charge in [-0.1, -0.05) is 34.1 Å². The van der Waals surface area contributed by atoms with Gasteiger partial charge in [-0.05, 0) is 24.7 Å². The van der Waals surface area contributed by atoms with Crippen LogP contribution in [-0.4, -0.2) is 12.1 Å². The molecule has 1 aliphatic rings. The van der Waals surface area contributed by atoms with Crippen molar-refractivity contribution in [3.05, 3.63) is 0 Å². The van der Waals surface area contributed by atoms with Crippen LogP contribution in [0.1, 0.15) is 47.0 Å². The maximum absolute atomic E-state index is 3.64. The van der Waals surface area contributed by atoms with Crippen LogP contribution in [0.15, 0.2) is 0 Å². The van der Waals surface area contributed by atoms with Gasteiger partial charge in [-0.2, -0.15) is 0 Å². The molecule has 1 fully saturated rings. The molecule has 0 aliphatic carbocycles. The topological polar surface area (TPSA) is 12.0 Å². The van der Waals surface area contributed by atoms with E-state index in [4.69, 9.17) is 0 Å². The Morgan fingerprint density at radius 1 is 1.42 bits per heavy atom. The van der Waals surface area contributed by atoms with Crippen molar-refractivity contribution in [2.75, 3.05) is 6.54 Å². The molecule has 0 bridgehead atoms. The van der Waals surface area contributed by atoms with Crippen LogP contribution in [-0.2, 0) is 0 Å². The van der Waals surface area contributed by atoms with Crippen LogP contribution in [0.25, 0.3) is 0 Å². The quantitative estimate of drug-likeness (QED) is 0.682. The maximum Gasteiger partial charge on any atom is 0.0221 e. The van der Waals surface area contributed by atoms with Crippen molar-refractivity contribution in [1.82, 2.24) is 5.32 Å².